The fourth-order valence-electron chi connectivity index (χ4n) is 3.24. The van der Waals surface area contributed by atoms with Crippen LogP contribution in [0.2, 0.25) is 0 Å². The van der Waals surface area contributed by atoms with E-state index in [9.17, 15) is 9.59 Å². The summed E-state index contributed by atoms with van der Waals surface area (Å²) in [7, 11) is 1.60. The Morgan fingerprint density at radius 1 is 1.32 bits per heavy atom. The van der Waals surface area contributed by atoms with Crippen LogP contribution in [0.15, 0.2) is 6.07 Å². The molecular weight excluding hydrogens is 280 g/mol. The Bertz CT molecular complexity index is 641. The van der Waals surface area contributed by atoms with Gasteiger partial charge in [0, 0.05) is 23.6 Å². The first-order valence-corrected chi connectivity index (χ1v) is 7.56. The van der Waals surface area contributed by atoms with Gasteiger partial charge in [-0.15, -0.1) is 0 Å². The minimum Gasteiger partial charge on any atom is -0.496 e. The predicted molar refractivity (Wildman–Crippen MR) is 84.4 cm³/mol. The number of carbonyl (C=O) groups is 2. The Labute approximate surface area is 131 Å². The molecule has 0 heterocycles. The molecule has 0 radical (unpaired) electrons. The lowest BCUT2D eigenvalue weighted by molar-refractivity contribution is -0.150. The third-order valence-corrected chi connectivity index (χ3v) is 4.47. The van der Waals surface area contributed by atoms with Gasteiger partial charge in [0.2, 0.25) is 0 Å². The molecule has 0 saturated carbocycles. The molecule has 0 aromatic heterocycles. The fraction of sp³-hybridized carbons (Fsp3) is 0.556. The van der Waals surface area contributed by atoms with Crippen LogP contribution < -0.4 is 4.74 Å². The number of ketones is 1. The van der Waals surface area contributed by atoms with Crippen molar-refractivity contribution in [3.63, 3.8) is 0 Å². The number of carbonyl (C=O) groups excluding carboxylic acids is 2. The largest absolute Gasteiger partial charge is 0.496 e. The van der Waals surface area contributed by atoms with Gasteiger partial charge in [0.25, 0.3) is 0 Å². The van der Waals surface area contributed by atoms with Crippen LogP contribution in [0.3, 0.4) is 0 Å². The predicted octanol–water partition coefficient (Wildman–Crippen LogP) is 3.95. The highest BCUT2D eigenvalue weighted by Crippen LogP contribution is 2.52. The number of ether oxygens (including phenoxy) is 2. The number of Topliss-reactive ketones (excluding diaryl/α,β-unsaturated/α-hetero) is 1. The Morgan fingerprint density at radius 2 is 1.91 bits per heavy atom. The Hall–Kier alpha value is -1.84. The molecule has 0 fully saturated rings. The molecule has 0 spiro atoms. The van der Waals surface area contributed by atoms with Gasteiger partial charge in [-0.25, -0.2) is 0 Å². The van der Waals surface area contributed by atoms with E-state index in [0.29, 0.717) is 11.3 Å². The number of hydrogen-bond donors (Lipinski definition) is 0. The van der Waals surface area contributed by atoms with Gasteiger partial charge in [-0.05, 0) is 38.3 Å². The van der Waals surface area contributed by atoms with Gasteiger partial charge in [-0.1, -0.05) is 13.8 Å². The monoisotopic (exact) mass is 304 g/mol. The summed E-state index contributed by atoms with van der Waals surface area (Å²) >= 11 is 0. The van der Waals surface area contributed by atoms with E-state index in [1.54, 1.807) is 7.11 Å². The molecule has 0 aliphatic heterocycles. The average molecular weight is 304 g/mol. The van der Waals surface area contributed by atoms with Crippen LogP contribution in [-0.2, 0) is 9.53 Å². The van der Waals surface area contributed by atoms with Crippen molar-refractivity contribution in [2.24, 2.45) is 5.41 Å². The van der Waals surface area contributed by atoms with Gasteiger partial charge in [0.15, 0.2) is 5.78 Å². The molecule has 0 amide bonds. The van der Waals surface area contributed by atoms with Crippen LogP contribution in [0, 0.1) is 12.3 Å². The van der Waals surface area contributed by atoms with E-state index in [1.807, 2.05) is 26.8 Å². The quantitative estimate of drug-likeness (QED) is 0.793. The highest BCUT2D eigenvalue weighted by Gasteiger charge is 2.51. The molecule has 1 aromatic rings. The zero-order valence-corrected chi connectivity index (χ0v) is 14.4. The van der Waals surface area contributed by atoms with E-state index in [2.05, 4.69) is 13.8 Å². The van der Waals surface area contributed by atoms with Gasteiger partial charge in [0.1, 0.15) is 11.9 Å². The van der Waals surface area contributed by atoms with Crippen LogP contribution in [0.1, 0.15) is 73.7 Å². The summed E-state index contributed by atoms with van der Waals surface area (Å²) in [6, 6.07) is 1.96. The molecule has 4 nitrogen and oxygen atoms in total. The first-order chi connectivity index (χ1) is 10.1. The van der Waals surface area contributed by atoms with Crippen molar-refractivity contribution in [2.45, 2.75) is 53.6 Å². The molecule has 120 valence electrons. The standard InChI is InChI=1S/C18H24O4/c1-9(2)12-8-13(21-7)10(3)14-15(12)17(22-11(4)19)18(5,6)16(14)20/h8-9,17H,1-7H3/t17-/m1/s1. The van der Waals surface area contributed by atoms with Crippen molar-refractivity contribution in [1.82, 2.24) is 0 Å². The van der Waals surface area contributed by atoms with Crippen molar-refractivity contribution in [3.8, 4) is 5.75 Å². The lowest BCUT2D eigenvalue weighted by Gasteiger charge is -2.27. The van der Waals surface area contributed by atoms with Gasteiger partial charge >= 0.3 is 5.97 Å². The van der Waals surface area contributed by atoms with E-state index in [0.717, 1.165) is 16.7 Å². The van der Waals surface area contributed by atoms with Crippen molar-refractivity contribution in [3.05, 3.63) is 28.3 Å². The molecule has 22 heavy (non-hydrogen) atoms. The first-order valence-electron chi connectivity index (χ1n) is 7.56. The maximum absolute atomic E-state index is 12.9. The Balaban J connectivity index is 2.81. The topological polar surface area (TPSA) is 52.6 Å². The molecule has 1 aromatic carbocycles. The van der Waals surface area contributed by atoms with Crippen molar-refractivity contribution >= 4 is 11.8 Å². The first kappa shape index (κ1) is 16.5. The summed E-state index contributed by atoms with van der Waals surface area (Å²) in [6.07, 6.45) is -0.547. The van der Waals surface area contributed by atoms with E-state index in [1.165, 1.54) is 6.92 Å². The molecule has 1 atom stereocenters. The number of fused-ring (bicyclic) bond motifs is 1. The van der Waals surface area contributed by atoms with Crippen molar-refractivity contribution in [2.75, 3.05) is 7.11 Å². The molecular formula is C18H24O4. The molecule has 2 rings (SSSR count). The third-order valence-electron chi connectivity index (χ3n) is 4.47. The number of methoxy groups -OCH3 is 1. The number of hydrogen-bond acceptors (Lipinski definition) is 4. The summed E-state index contributed by atoms with van der Waals surface area (Å²) < 4.78 is 11.0. The molecule has 0 N–H and O–H groups in total. The maximum Gasteiger partial charge on any atom is 0.303 e. The normalized spacial score (nSPS) is 19.3. The van der Waals surface area contributed by atoms with Gasteiger partial charge < -0.3 is 9.47 Å². The minimum atomic E-state index is -0.769. The smallest absolute Gasteiger partial charge is 0.303 e. The second-order valence-electron chi connectivity index (χ2n) is 6.78. The van der Waals surface area contributed by atoms with E-state index >= 15 is 0 Å². The van der Waals surface area contributed by atoms with Crippen LogP contribution in [0.5, 0.6) is 5.75 Å². The van der Waals surface area contributed by atoms with Crippen LogP contribution in [-0.4, -0.2) is 18.9 Å². The van der Waals surface area contributed by atoms with Crippen LogP contribution >= 0.6 is 0 Å². The Morgan fingerprint density at radius 3 is 2.36 bits per heavy atom. The minimum absolute atomic E-state index is 0.00653. The molecule has 4 heteroatoms. The van der Waals surface area contributed by atoms with Crippen LogP contribution in [0.4, 0.5) is 0 Å². The molecule has 0 unspecified atom stereocenters. The van der Waals surface area contributed by atoms with E-state index in [4.69, 9.17) is 9.47 Å². The third kappa shape index (κ3) is 2.31. The van der Waals surface area contributed by atoms with Gasteiger partial charge in [-0.3, -0.25) is 9.59 Å². The molecule has 1 aliphatic rings. The molecule has 0 bridgehead atoms. The highest BCUT2D eigenvalue weighted by atomic mass is 16.5. The zero-order valence-electron chi connectivity index (χ0n) is 14.4. The number of benzene rings is 1. The van der Waals surface area contributed by atoms with Crippen LogP contribution in [0.25, 0.3) is 0 Å². The summed E-state index contributed by atoms with van der Waals surface area (Å²) in [5.74, 6) is 0.534. The van der Waals surface area contributed by atoms with Crippen molar-refractivity contribution < 1.29 is 19.1 Å². The summed E-state index contributed by atoms with van der Waals surface area (Å²) in [5.41, 5.74) is 2.55. The molecule has 1 aliphatic carbocycles. The molecule has 0 saturated heterocycles. The summed E-state index contributed by atoms with van der Waals surface area (Å²) in [4.78, 5) is 24.5. The van der Waals surface area contributed by atoms with Gasteiger partial charge in [0.05, 0.1) is 12.5 Å². The summed E-state index contributed by atoms with van der Waals surface area (Å²) in [6.45, 7) is 11.0. The lowest BCUT2D eigenvalue weighted by Crippen LogP contribution is -2.27. The second kappa shape index (κ2) is 5.41. The second-order valence-corrected chi connectivity index (χ2v) is 6.78. The van der Waals surface area contributed by atoms with E-state index in [-0.39, 0.29) is 17.7 Å². The number of rotatable bonds is 3. The highest BCUT2D eigenvalue weighted by molar-refractivity contribution is 6.07. The van der Waals surface area contributed by atoms with E-state index < -0.39 is 11.5 Å². The zero-order chi connectivity index (χ0) is 16.8. The SMILES string of the molecule is COc1cc(C(C)C)c2c(c1C)C(=O)C(C)(C)[C@@H]2OC(C)=O. The van der Waals surface area contributed by atoms with Crippen molar-refractivity contribution in [1.29, 1.82) is 0 Å². The number of esters is 1. The summed E-state index contributed by atoms with van der Waals surface area (Å²) in [5, 5.41) is 0. The average Bonchev–Trinajstić information content (AvgIpc) is 2.60. The maximum atomic E-state index is 12.9. The Kier molecular flexibility index (Phi) is 4.07. The van der Waals surface area contributed by atoms with Gasteiger partial charge in [-0.2, -0.15) is 0 Å². The lowest BCUT2D eigenvalue weighted by atomic mass is 9.85. The fourth-order valence-corrected chi connectivity index (χ4v) is 3.24.